The van der Waals surface area contributed by atoms with Gasteiger partial charge in [-0.25, -0.2) is 0 Å². The second-order valence-electron chi connectivity index (χ2n) is 7.03. The molecular formula is C22H27ClO5. The van der Waals surface area contributed by atoms with Crippen LogP contribution in [-0.4, -0.2) is 42.7 Å². The molecule has 0 unspecified atom stereocenters. The van der Waals surface area contributed by atoms with Gasteiger partial charge in [-0.2, -0.15) is 0 Å². The van der Waals surface area contributed by atoms with Gasteiger partial charge < -0.3 is 24.4 Å². The molecule has 3 atom stereocenters. The Morgan fingerprint density at radius 3 is 2.61 bits per heavy atom. The number of benzene rings is 2. The molecule has 2 aromatic carbocycles. The molecule has 152 valence electrons. The van der Waals surface area contributed by atoms with Crippen LogP contribution < -0.4 is 4.74 Å². The molecule has 1 aliphatic rings. The number of aliphatic hydroxyl groups is 2. The standard InChI is InChI=1S/C22H27ClO5/c1-3-27-19-7-4-15(5-8-19)10-16-11-17(6-9-21(16)23)22(26-2)13-18(25)12-20(14-24)28-22/h4-9,11,18,20,24-25H,3,10,12-14H2,1-2H3/t18-,20-,22+/m0/s1. The first kappa shape index (κ1) is 21.1. The molecule has 28 heavy (non-hydrogen) atoms. The molecule has 0 aliphatic carbocycles. The van der Waals surface area contributed by atoms with Crippen molar-refractivity contribution in [2.45, 2.75) is 44.2 Å². The van der Waals surface area contributed by atoms with Crippen molar-refractivity contribution in [2.24, 2.45) is 0 Å². The molecule has 0 amide bonds. The lowest BCUT2D eigenvalue weighted by Gasteiger charge is -2.42. The molecule has 1 aliphatic heterocycles. The summed E-state index contributed by atoms with van der Waals surface area (Å²) in [5.41, 5.74) is 2.81. The Hall–Kier alpha value is -1.63. The number of rotatable bonds is 7. The van der Waals surface area contributed by atoms with Crippen molar-refractivity contribution in [2.75, 3.05) is 20.3 Å². The largest absolute Gasteiger partial charge is 0.494 e. The van der Waals surface area contributed by atoms with Crippen LogP contribution in [0.15, 0.2) is 42.5 Å². The summed E-state index contributed by atoms with van der Waals surface area (Å²) in [6, 6.07) is 13.5. The zero-order chi connectivity index (χ0) is 20.1. The molecule has 3 rings (SSSR count). The van der Waals surface area contributed by atoms with E-state index in [4.69, 9.17) is 25.8 Å². The Morgan fingerprint density at radius 1 is 1.21 bits per heavy atom. The minimum atomic E-state index is -1.11. The lowest BCUT2D eigenvalue weighted by Crippen LogP contribution is -2.46. The molecule has 0 bridgehead atoms. The Bertz CT molecular complexity index is 779. The van der Waals surface area contributed by atoms with E-state index in [2.05, 4.69) is 0 Å². The fourth-order valence-electron chi connectivity index (χ4n) is 3.65. The van der Waals surface area contributed by atoms with E-state index in [1.807, 2.05) is 49.4 Å². The van der Waals surface area contributed by atoms with Crippen LogP contribution in [0.1, 0.15) is 36.5 Å². The molecule has 0 aromatic heterocycles. The van der Waals surface area contributed by atoms with Gasteiger partial charge in [0.05, 0.1) is 25.4 Å². The van der Waals surface area contributed by atoms with E-state index in [1.165, 1.54) is 0 Å². The lowest BCUT2D eigenvalue weighted by molar-refractivity contribution is -0.298. The first-order valence-electron chi connectivity index (χ1n) is 9.52. The third-order valence-corrected chi connectivity index (χ3v) is 5.41. The molecule has 1 fully saturated rings. The summed E-state index contributed by atoms with van der Waals surface area (Å²) in [4.78, 5) is 0. The van der Waals surface area contributed by atoms with E-state index in [0.29, 0.717) is 30.9 Å². The van der Waals surface area contributed by atoms with E-state index in [9.17, 15) is 10.2 Å². The third kappa shape index (κ3) is 4.67. The Labute approximate surface area is 170 Å². The van der Waals surface area contributed by atoms with Gasteiger partial charge in [0, 0.05) is 30.5 Å². The van der Waals surface area contributed by atoms with Crippen molar-refractivity contribution in [3.63, 3.8) is 0 Å². The predicted octanol–water partition coefficient (Wildman–Crippen LogP) is 3.66. The molecule has 0 saturated carbocycles. The van der Waals surface area contributed by atoms with Crippen LogP contribution in [0.4, 0.5) is 0 Å². The Morgan fingerprint density at radius 2 is 1.96 bits per heavy atom. The van der Waals surface area contributed by atoms with Crippen LogP contribution in [0.2, 0.25) is 5.02 Å². The summed E-state index contributed by atoms with van der Waals surface area (Å²) in [7, 11) is 1.55. The highest BCUT2D eigenvalue weighted by Gasteiger charge is 2.43. The molecule has 0 radical (unpaired) electrons. The van der Waals surface area contributed by atoms with E-state index >= 15 is 0 Å². The number of halogens is 1. The van der Waals surface area contributed by atoms with Crippen LogP contribution in [0, 0.1) is 0 Å². The van der Waals surface area contributed by atoms with Gasteiger partial charge in [0.1, 0.15) is 5.75 Å². The average Bonchev–Trinajstić information content (AvgIpc) is 2.70. The van der Waals surface area contributed by atoms with Crippen LogP contribution in [-0.2, 0) is 21.7 Å². The highest BCUT2D eigenvalue weighted by atomic mass is 35.5. The monoisotopic (exact) mass is 406 g/mol. The topological polar surface area (TPSA) is 68.2 Å². The van der Waals surface area contributed by atoms with Crippen molar-refractivity contribution in [1.29, 1.82) is 0 Å². The molecule has 0 spiro atoms. The zero-order valence-corrected chi connectivity index (χ0v) is 17.0. The van der Waals surface area contributed by atoms with Gasteiger partial charge in [-0.3, -0.25) is 0 Å². The van der Waals surface area contributed by atoms with Gasteiger partial charge in [-0.05, 0) is 48.7 Å². The molecular weight excluding hydrogens is 380 g/mol. The third-order valence-electron chi connectivity index (χ3n) is 5.04. The van der Waals surface area contributed by atoms with Gasteiger partial charge in [0.25, 0.3) is 0 Å². The fraction of sp³-hybridized carbons (Fsp3) is 0.455. The second-order valence-corrected chi connectivity index (χ2v) is 7.44. The van der Waals surface area contributed by atoms with Gasteiger partial charge in [-0.1, -0.05) is 29.8 Å². The van der Waals surface area contributed by atoms with E-state index < -0.39 is 18.0 Å². The van der Waals surface area contributed by atoms with E-state index in [1.54, 1.807) is 7.11 Å². The second kappa shape index (κ2) is 9.25. The normalized spacial score (nSPS) is 24.9. The van der Waals surface area contributed by atoms with E-state index in [-0.39, 0.29) is 6.61 Å². The van der Waals surface area contributed by atoms with Crippen molar-refractivity contribution in [3.8, 4) is 5.75 Å². The number of hydrogen-bond donors (Lipinski definition) is 2. The predicted molar refractivity (Wildman–Crippen MR) is 108 cm³/mol. The summed E-state index contributed by atoms with van der Waals surface area (Å²) in [5.74, 6) is -0.271. The van der Waals surface area contributed by atoms with Gasteiger partial charge in [0.15, 0.2) is 5.79 Å². The summed E-state index contributed by atoms with van der Waals surface area (Å²) in [6.45, 7) is 2.41. The zero-order valence-electron chi connectivity index (χ0n) is 16.2. The number of hydrogen-bond acceptors (Lipinski definition) is 5. The van der Waals surface area contributed by atoms with Crippen LogP contribution in [0.3, 0.4) is 0 Å². The summed E-state index contributed by atoms with van der Waals surface area (Å²) < 4.78 is 17.2. The van der Waals surface area contributed by atoms with Crippen LogP contribution >= 0.6 is 11.6 Å². The van der Waals surface area contributed by atoms with Crippen molar-refractivity contribution in [3.05, 3.63) is 64.2 Å². The van der Waals surface area contributed by atoms with Gasteiger partial charge >= 0.3 is 0 Å². The Kier molecular flexibility index (Phi) is 6.96. The van der Waals surface area contributed by atoms with Crippen LogP contribution in [0.5, 0.6) is 5.75 Å². The first-order chi connectivity index (χ1) is 13.5. The Balaban J connectivity index is 1.87. The molecule has 1 saturated heterocycles. The van der Waals surface area contributed by atoms with Crippen molar-refractivity contribution < 1.29 is 24.4 Å². The minimum Gasteiger partial charge on any atom is -0.494 e. The quantitative estimate of drug-likeness (QED) is 0.734. The van der Waals surface area contributed by atoms with E-state index in [0.717, 1.165) is 22.4 Å². The SMILES string of the molecule is CCOc1ccc(Cc2cc([C@@]3(OC)C[C@@H](O)C[C@@H](CO)O3)ccc2Cl)cc1. The first-order valence-corrected chi connectivity index (χ1v) is 9.90. The van der Waals surface area contributed by atoms with Gasteiger partial charge in [0.2, 0.25) is 0 Å². The fourth-order valence-corrected chi connectivity index (χ4v) is 3.83. The van der Waals surface area contributed by atoms with Crippen molar-refractivity contribution in [1.82, 2.24) is 0 Å². The smallest absolute Gasteiger partial charge is 0.197 e. The maximum absolute atomic E-state index is 10.3. The average molecular weight is 407 g/mol. The number of aliphatic hydroxyl groups excluding tert-OH is 2. The molecule has 6 heteroatoms. The van der Waals surface area contributed by atoms with Crippen molar-refractivity contribution >= 4 is 11.6 Å². The number of ether oxygens (including phenoxy) is 3. The molecule has 2 N–H and O–H groups in total. The van der Waals surface area contributed by atoms with Crippen LogP contribution in [0.25, 0.3) is 0 Å². The minimum absolute atomic E-state index is 0.172. The maximum atomic E-state index is 10.3. The van der Waals surface area contributed by atoms with Gasteiger partial charge in [-0.15, -0.1) is 0 Å². The highest BCUT2D eigenvalue weighted by Crippen LogP contribution is 2.40. The molecule has 5 nitrogen and oxygen atoms in total. The maximum Gasteiger partial charge on any atom is 0.197 e. The highest BCUT2D eigenvalue weighted by molar-refractivity contribution is 6.31. The lowest BCUT2D eigenvalue weighted by atomic mass is 9.91. The molecule has 2 aromatic rings. The number of methoxy groups -OCH3 is 1. The summed E-state index contributed by atoms with van der Waals surface area (Å²) in [6.07, 6.45) is 0.230. The summed E-state index contributed by atoms with van der Waals surface area (Å²) in [5, 5.41) is 20.4. The molecule has 1 heterocycles. The summed E-state index contributed by atoms with van der Waals surface area (Å²) >= 11 is 6.44.